The molecule has 2 fully saturated rings. The fourth-order valence-corrected chi connectivity index (χ4v) is 5.61. The van der Waals surface area contributed by atoms with Gasteiger partial charge in [-0.25, -0.2) is 4.98 Å². The highest BCUT2D eigenvalue weighted by molar-refractivity contribution is 5.88. The number of epoxide rings is 1. The van der Waals surface area contributed by atoms with Crippen LogP contribution in [-0.2, 0) is 25.7 Å². The number of esters is 1. The average molecular weight is 542 g/mol. The quantitative estimate of drug-likeness (QED) is 0.302. The molecule has 3 N–H and O–H groups in total. The molecule has 2 aliphatic heterocycles. The Morgan fingerprint density at radius 1 is 1.21 bits per heavy atom. The van der Waals surface area contributed by atoms with Gasteiger partial charge in [0.2, 0.25) is 5.89 Å². The summed E-state index contributed by atoms with van der Waals surface area (Å²) in [5.74, 6) is 0.593. The van der Waals surface area contributed by atoms with Gasteiger partial charge in [-0.3, -0.25) is 9.59 Å². The molecule has 1 aromatic heterocycles. The zero-order chi connectivity index (χ0) is 28.5. The molecule has 0 saturated carbocycles. The predicted octanol–water partition coefficient (Wildman–Crippen LogP) is 3.62. The molecule has 9 heteroatoms. The number of aromatic nitrogens is 1. The van der Waals surface area contributed by atoms with Crippen LogP contribution in [0.25, 0.3) is 11.1 Å². The Kier molecular flexibility index (Phi) is 8.52. The Morgan fingerprint density at radius 2 is 1.95 bits per heavy atom. The number of carbonyl (C=O) groups is 2. The highest BCUT2D eigenvalue weighted by Gasteiger charge is 2.53. The summed E-state index contributed by atoms with van der Waals surface area (Å²) in [6, 6.07) is 5.25. The normalized spacial score (nSPS) is 34.2. The van der Waals surface area contributed by atoms with Crippen LogP contribution >= 0.6 is 0 Å². The van der Waals surface area contributed by atoms with Crippen LogP contribution in [0, 0.1) is 29.6 Å². The number of aliphatic hydroxyl groups is 3. The molecule has 2 aromatic rings. The molecule has 9 nitrogen and oxygen atoms in total. The Labute approximate surface area is 228 Å². The van der Waals surface area contributed by atoms with Crippen LogP contribution in [0.15, 0.2) is 22.6 Å². The van der Waals surface area contributed by atoms with E-state index >= 15 is 0 Å². The van der Waals surface area contributed by atoms with E-state index in [4.69, 9.17) is 20.3 Å². The summed E-state index contributed by atoms with van der Waals surface area (Å²) < 4.78 is 17.4. The van der Waals surface area contributed by atoms with Crippen molar-refractivity contribution in [3.8, 4) is 12.3 Å². The number of carbonyl (C=O) groups excluding carboxylic acids is 2. The number of ether oxygens (including phenoxy) is 2. The van der Waals surface area contributed by atoms with E-state index < -0.39 is 47.6 Å². The summed E-state index contributed by atoms with van der Waals surface area (Å²) in [5, 5.41) is 31.5. The number of nitrogens with zero attached hydrogens (tertiary/aromatic N) is 1. The number of ketones is 1. The Hall–Kier alpha value is -2.77. The Balaban J connectivity index is 1.63. The molecular formula is C30H39NO8. The second-order valence-electron chi connectivity index (χ2n) is 11.8. The van der Waals surface area contributed by atoms with Gasteiger partial charge < -0.3 is 29.2 Å². The predicted molar refractivity (Wildman–Crippen MR) is 142 cm³/mol. The van der Waals surface area contributed by atoms with E-state index in [9.17, 15) is 24.9 Å². The highest BCUT2D eigenvalue weighted by Crippen LogP contribution is 2.47. The van der Waals surface area contributed by atoms with E-state index in [0.29, 0.717) is 29.5 Å². The van der Waals surface area contributed by atoms with Crippen molar-refractivity contribution in [2.45, 2.75) is 103 Å². The number of benzene rings is 1. The van der Waals surface area contributed by atoms with Crippen molar-refractivity contribution in [2.24, 2.45) is 17.3 Å². The first-order valence-electron chi connectivity index (χ1n) is 13.6. The van der Waals surface area contributed by atoms with Crippen molar-refractivity contribution in [1.82, 2.24) is 4.98 Å². The number of cyclic esters (lactones) is 1. The SMILES string of the molecule is C#CC[C@H]1C(=O)C(C)(C)[C@@H](O)CC(=O)O[C@H](c2ccc3oc(CO)nc3c2)C[C@@H]2O[C@]2(C)CCC[C@H](C)[C@@H]1O. The molecule has 0 spiro atoms. The van der Waals surface area contributed by atoms with Crippen LogP contribution in [0.2, 0.25) is 0 Å². The zero-order valence-corrected chi connectivity index (χ0v) is 23.1. The molecule has 1 aromatic carbocycles. The van der Waals surface area contributed by atoms with Gasteiger partial charge in [0, 0.05) is 12.8 Å². The molecule has 0 aliphatic carbocycles. The van der Waals surface area contributed by atoms with Crippen LogP contribution in [0.5, 0.6) is 0 Å². The van der Waals surface area contributed by atoms with Crippen molar-refractivity contribution in [3.63, 3.8) is 0 Å². The van der Waals surface area contributed by atoms with Crippen LogP contribution in [0.4, 0.5) is 0 Å². The van der Waals surface area contributed by atoms with Gasteiger partial charge in [0.1, 0.15) is 24.0 Å². The lowest BCUT2D eigenvalue weighted by Crippen LogP contribution is -2.46. The van der Waals surface area contributed by atoms with Crippen molar-refractivity contribution in [2.75, 3.05) is 0 Å². The van der Waals surface area contributed by atoms with Crippen molar-refractivity contribution in [1.29, 1.82) is 0 Å². The molecule has 0 bridgehead atoms. The third-order valence-corrected chi connectivity index (χ3v) is 8.53. The monoisotopic (exact) mass is 541 g/mol. The standard InChI is InChI=1S/C30H39NO8/c1-6-8-19-27(35)17(2)9-7-12-30(5)24(39-30)14-22(38-26(34)15-23(33)29(3,4)28(19)36)18-10-11-21-20(13-18)31-25(16-32)37-21/h1,10-11,13,17,19,22-24,27,32-33,35H,7-9,12,14-16H2,2-5H3/t17-,19+,22-,23-,24-,27-,30+/m0/s1. The van der Waals surface area contributed by atoms with E-state index in [0.717, 1.165) is 12.8 Å². The molecule has 7 atom stereocenters. The second-order valence-corrected chi connectivity index (χ2v) is 11.8. The summed E-state index contributed by atoms with van der Waals surface area (Å²) in [6.07, 6.45) is 4.62. The summed E-state index contributed by atoms with van der Waals surface area (Å²) in [5.41, 5.74) is -0.0271. The lowest BCUT2D eigenvalue weighted by Gasteiger charge is -2.35. The minimum absolute atomic E-state index is 0.0401. The van der Waals surface area contributed by atoms with Crippen LogP contribution in [-0.4, -0.2) is 56.0 Å². The van der Waals surface area contributed by atoms with Crippen molar-refractivity contribution in [3.05, 3.63) is 29.7 Å². The van der Waals surface area contributed by atoms with Crippen LogP contribution < -0.4 is 0 Å². The number of fused-ring (bicyclic) bond motifs is 2. The molecule has 4 rings (SSSR count). The number of terminal acetylenes is 1. The third kappa shape index (κ3) is 6.20. The van der Waals surface area contributed by atoms with Gasteiger partial charge in [-0.05, 0) is 43.4 Å². The first-order chi connectivity index (χ1) is 18.4. The van der Waals surface area contributed by atoms with Crippen LogP contribution in [0.1, 0.15) is 83.8 Å². The van der Waals surface area contributed by atoms with Gasteiger partial charge in [-0.15, -0.1) is 12.3 Å². The highest BCUT2D eigenvalue weighted by atomic mass is 16.6. The lowest BCUT2D eigenvalue weighted by molar-refractivity contribution is -0.156. The molecule has 212 valence electrons. The molecule has 0 amide bonds. The zero-order valence-electron chi connectivity index (χ0n) is 23.1. The maximum Gasteiger partial charge on any atom is 0.309 e. The molecule has 2 aliphatic rings. The maximum absolute atomic E-state index is 13.5. The van der Waals surface area contributed by atoms with Crippen LogP contribution in [0.3, 0.4) is 0 Å². The minimum Gasteiger partial charge on any atom is -0.457 e. The van der Waals surface area contributed by atoms with Crippen molar-refractivity contribution < 1.29 is 38.8 Å². The van der Waals surface area contributed by atoms with Gasteiger partial charge in [0.15, 0.2) is 5.58 Å². The largest absolute Gasteiger partial charge is 0.457 e. The fraction of sp³-hybridized carbons (Fsp3) is 0.633. The Bertz CT molecular complexity index is 1250. The first kappa shape index (κ1) is 29.2. The van der Waals surface area contributed by atoms with Gasteiger partial charge in [-0.2, -0.15) is 0 Å². The fourth-order valence-electron chi connectivity index (χ4n) is 5.61. The van der Waals surface area contributed by atoms with Gasteiger partial charge >= 0.3 is 5.97 Å². The molecule has 3 heterocycles. The van der Waals surface area contributed by atoms with Gasteiger partial charge in [-0.1, -0.05) is 33.3 Å². The average Bonchev–Trinajstić information content (AvgIpc) is 3.33. The van der Waals surface area contributed by atoms with E-state index in [-0.39, 0.29) is 36.7 Å². The molecule has 39 heavy (non-hydrogen) atoms. The number of aliphatic hydroxyl groups excluding tert-OH is 3. The molecule has 0 radical (unpaired) electrons. The number of rotatable bonds is 3. The molecule has 2 saturated heterocycles. The summed E-state index contributed by atoms with van der Waals surface area (Å²) >= 11 is 0. The Morgan fingerprint density at radius 3 is 2.64 bits per heavy atom. The molecule has 0 unspecified atom stereocenters. The summed E-state index contributed by atoms with van der Waals surface area (Å²) in [7, 11) is 0. The first-order valence-corrected chi connectivity index (χ1v) is 13.6. The number of hydrogen-bond donors (Lipinski definition) is 3. The van der Waals surface area contributed by atoms with Gasteiger partial charge in [0.05, 0.1) is 41.7 Å². The van der Waals surface area contributed by atoms with E-state index in [1.807, 2.05) is 13.8 Å². The lowest BCUT2D eigenvalue weighted by atomic mass is 9.71. The minimum atomic E-state index is -1.35. The summed E-state index contributed by atoms with van der Waals surface area (Å²) in [6.45, 7) is 6.72. The number of oxazole rings is 1. The maximum atomic E-state index is 13.5. The smallest absolute Gasteiger partial charge is 0.309 e. The molecular weight excluding hydrogens is 502 g/mol. The number of Topliss-reactive ketones (excluding diaryl/α,β-unsaturated/α-hetero) is 1. The third-order valence-electron chi connectivity index (χ3n) is 8.53. The second kappa shape index (κ2) is 11.4. The van der Waals surface area contributed by atoms with E-state index in [1.165, 1.54) is 0 Å². The van der Waals surface area contributed by atoms with Gasteiger partial charge in [0.25, 0.3) is 0 Å². The number of hydrogen-bond acceptors (Lipinski definition) is 9. The topological polar surface area (TPSA) is 143 Å². The van der Waals surface area contributed by atoms with Crippen molar-refractivity contribution >= 4 is 22.9 Å². The summed E-state index contributed by atoms with van der Waals surface area (Å²) in [4.78, 5) is 30.9. The van der Waals surface area contributed by atoms with E-state index in [2.05, 4.69) is 10.9 Å². The van der Waals surface area contributed by atoms with E-state index in [1.54, 1.807) is 32.0 Å².